The highest BCUT2D eigenvalue weighted by Gasteiger charge is 2.09. The van der Waals surface area contributed by atoms with Crippen LogP contribution in [0.2, 0.25) is 5.02 Å². The van der Waals surface area contributed by atoms with Crippen LogP contribution in [0.4, 0.5) is 4.39 Å². The Morgan fingerprint density at radius 2 is 2.00 bits per heavy atom. The Morgan fingerprint density at radius 3 is 2.61 bits per heavy atom. The molecule has 0 aliphatic rings. The molecule has 0 fully saturated rings. The maximum Gasteiger partial charge on any atom is 0.145 e. The van der Waals surface area contributed by atoms with E-state index in [2.05, 4.69) is 9.97 Å². The van der Waals surface area contributed by atoms with Crippen molar-refractivity contribution in [2.75, 3.05) is 0 Å². The van der Waals surface area contributed by atoms with Crippen LogP contribution in [0.25, 0.3) is 11.3 Å². The van der Waals surface area contributed by atoms with Crippen LogP contribution in [0, 0.1) is 12.7 Å². The van der Waals surface area contributed by atoms with Crippen LogP contribution in [-0.4, -0.2) is 9.97 Å². The zero-order chi connectivity index (χ0) is 13.3. The van der Waals surface area contributed by atoms with Crippen LogP contribution in [0.3, 0.4) is 0 Å². The highest BCUT2D eigenvalue weighted by atomic mass is 35.5. The summed E-state index contributed by atoms with van der Waals surface area (Å²) < 4.78 is 13.1. The minimum absolute atomic E-state index is 0.0751. The zero-order valence-electron chi connectivity index (χ0n) is 10.1. The van der Waals surface area contributed by atoms with Gasteiger partial charge in [-0.25, -0.2) is 14.4 Å². The van der Waals surface area contributed by atoms with Gasteiger partial charge in [0.25, 0.3) is 0 Å². The van der Waals surface area contributed by atoms with Gasteiger partial charge in [-0.2, -0.15) is 0 Å². The quantitative estimate of drug-likeness (QED) is 0.907. The molecule has 1 unspecified atom stereocenters. The van der Waals surface area contributed by atoms with Gasteiger partial charge in [-0.1, -0.05) is 11.6 Å². The Labute approximate surface area is 110 Å². The molecule has 2 aromatic rings. The Morgan fingerprint density at radius 1 is 1.28 bits per heavy atom. The van der Waals surface area contributed by atoms with Gasteiger partial charge in [-0.3, -0.25) is 0 Å². The van der Waals surface area contributed by atoms with E-state index in [-0.39, 0.29) is 11.1 Å². The summed E-state index contributed by atoms with van der Waals surface area (Å²) >= 11 is 5.76. The average molecular weight is 266 g/mol. The van der Waals surface area contributed by atoms with E-state index in [4.69, 9.17) is 17.3 Å². The largest absolute Gasteiger partial charge is 0.322 e. The molecule has 3 nitrogen and oxygen atoms in total. The van der Waals surface area contributed by atoms with Gasteiger partial charge in [-0.05, 0) is 38.1 Å². The van der Waals surface area contributed by atoms with Gasteiger partial charge in [0, 0.05) is 11.3 Å². The van der Waals surface area contributed by atoms with Crippen molar-refractivity contribution in [2.45, 2.75) is 19.9 Å². The number of nitrogens with zero attached hydrogens (tertiary/aromatic N) is 2. The van der Waals surface area contributed by atoms with Crippen molar-refractivity contribution in [3.8, 4) is 11.3 Å². The van der Waals surface area contributed by atoms with E-state index in [1.165, 1.54) is 6.07 Å². The molecule has 0 radical (unpaired) electrons. The minimum atomic E-state index is -0.446. The first-order valence-electron chi connectivity index (χ1n) is 5.54. The molecule has 0 aliphatic heterocycles. The van der Waals surface area contributed by atoms with Crippen LogP contribution in [0.15, 0.2) is 24.3 Å². The molecule has 0 bridgehead atoms. The second kappa shape index (κ2) is 5.00. The predicted octanol–water partition coefficient (Wildman–Crippen LogP) is 3.26. The summed E-state index contributed by atoms with van der Waals surface area (Å²) in [5.41, 5.74) is 8.02. The topological polar surface area (TPSA) is 51.8 Å². The molecule has 1 heterocycles. The average Bonchev–Trinajstić information content (AvgIpc) is 2.31. The number of benzene rings is 1. The van der Waals surface area contributed by atoms with Crippen molar-refractivity contribution in [1.82, 2.24) is 9.97 Å². The Balaban J connectivity index is 2.53. The molecule has 0 amide bonds. The second-order valence-corrected chi connectivity index (χ2v) is 4.58. The number of hydrogen-bond donors (Lipinski definition) is 1. The summed E-state index contributed by atoms with van der Waals surface area (Å²) in [4.78, 5) is 8.61. The standard InChI is InChI=1S/C13H13ClFN3/c1-7-5-12(18-13(17-7)8(2)16)9-3-4-11(15)10(14)6-9/h3-6,8H,16H2,1-2H3. The summed E-state index contributed by atoms with van der Waals surface area (Å²) in [7, 11) is 0. The lowest BCUT2D eigenvalue weighted by atomic mass is 10.1. The number of aromatic nitrogens is 2. The fraction of sp³-hybridized carbons (Fsp3) is 0.231. The number of aryl methyl sites for hydroxylation is 1. The summed E-state index contributed by atoms with van der Waals surface area (Å²) in [6, 6.07) is 6.06. The van der Waals surface area contributed by atoms with Crippen molar-refractivity contribution >= 4 is 11.6 Å². The van der Waals surface area contributed by atoms with Gasteiger partial charge >= 0.3 is 0 Å². The SMILES string of the molecule is Cc1cc(-c2ccc(F)c(Cl)c2)nc(C(C)N)n1. The van der Waals surface area contributed by atoms with E-state index in [1.807, 2.05) is 19.9 Å². The van der Waals surface area contributed by atoms with Crippen LogP contribution in [0.5, 0.6) is 0 Å². The minimum Gasteiger partial charge on any atom is -0.322 e. The van der Waals surface area contributed by atoms with Gasteiger partial charge < -0.3 is 5.73 Å². The van der Waals surface area contributed by atoms with Gasteiger partial charge in [0.05, 0.1) is 16.8 Å². The lowest BCUT2D eigenvalue weighted by molar-refractivity contribution is 0.628. The van der Waals surface area contributed by atoms with Crippen LogP contribution in [-0.2, 0) is 0 Å². The van der Waals surface area contributed by atoms with E-state index < -0.39 is 5.82 Å². The Bertz CT molecular complexity index is 584. The molecule has 1 aromatic carbocycles. The van der Waals surface area contributed by atoms with Crippen LogP contribution in [0.1, 0.15) is 24.5 Å². The number of nitrogens with two attached hydrogens (primary N) is 1. The highest BCUT2D eigenvalue weighted by molar-refractivity contribution is 6.31. The van der Waals surface area contributed by atoms with Gasteiger partial charge in [0.2, 0.25) is 0 Å². The van der Waals surface area contributed by atoms with Crippen molar-refractivity contribution < 1.29 is 4.39 Å². The van der Waals surface area contributed by atoms with Crippen LogP contribution < -0.4 is 5.73 Å². The second-order valence-electron chi connectivity index (χ2n) is 4.17. The molecule has 0 spiro atoms. The third-order valence-corrected chi connectivity index (χ3v) is 2.78. The molecule has 1 aromatic heterocycles. The zero-order valence-corrected chi connectivity index (χ0v) is 10.9. The molecule has 94 valence electrons. The van der Waals surface area contributed by atoms with E-state index in [0.29, 0.717) is 11.5 Å². The Hall–Kier alpha value is -1.52. The maximum atomic E-state index is 13.1. The highest BCUT2D eigenvalue weighted by Crippen LogP contribution is 2.24. The Kier molecular flexibility index (Phi) is 3.59. The molecule has 1 atom stereocenters. The molecule has 18 heavy (non-hydrogen) atoms. The summed E-state index contributed by atoms with van der Waals surface area (Å²) in [6.45, 7) is 3.68. The predicted molar refractivity (Wildman–Crippen MR) is 69.8 cm³/mol. The molecule has 5 heteroatoms. The molecule has 2 rings (SSSR count). The molecular weight excluding hydrogens is 253 g/mol. The van der Waals surface area contributed by atoms with Gasteiger partial charge in [0.15, 0.2) is 0 Å². The van der Waals surface area contributed by atoms with Crippen molar-refractivity contribution in [1.29, 1.82) is 0 Å². The number of halogens is 2. The normalized spacial score (nSPS) is 12.5. The van der Waals surface area contributed by atoms with Crippen molar-refractivity contribution in [2.24, 2.45) is 5.73 Å². The van der Waals surface area contributed by atoms with E-state index in [0.717, 1.165) is 11.3 Å². The molecular formula is C13H13ClFN3. The van der Waals surface area contributed by atoms with Crippen LogP contribution >= 0.6 is 11.6 Å². The van der Waals surface area contributed by atoms with Crippen molar-refractivity contribution in [3.05, 3.63) is 46.6 Å². The lowest BCUT2D eigenvalue weighted by Crippen LogP contribution is -2.11. The summed E-state index contributed by atoms with van der Waals surface area (Å²) in [5, 5.41) is 0.0751. The first-order valence-corrected chi connectivity index (χ1v) is 5.92. The van der Waals surface area contributed by atoms with Gasteiger partial charge in [-0.15, -0.1) is 0 Å². The van der Waals surface area contributed by atoms with E-state index in [9.17, 15) is 4.39 Å². The molecule has 2 N–H and O–H groups in total. The fourth-order valence-corrected chi connectivity index (χ4v) is 1.78. The van der Waals surface area contributed by atoms with E-state index in [1.54, 1.807) is 12.1 Å². The summed E-state index contributed by atoms with van der Waals surface area (Å²) in [6.07, 6.45) is 0. The first-order chi connectivity index (χ1) is 8.47. The number of rotatable bonds is 2. The third kappa shape index (κ3) is 2.66. The molecule has 0 saturated carbocycles. The summed E-state index contributed by atoms with van der Waals surface area (Å²) in [5.74, 6) is 0.115. The number of hydrogen-bond acceptors (Lipinski definition) is 3. The first kappa shape index (κ1) is 12.9. The maximum absolute atomic E-state index is 13.1. The smallest absolute Gasteiger partial charge is 0.145 e. The van der Waals surface area contributed by atoms with Crippen molar-refractivity contribution in [3.63, 3.8) is 0 Å². The fourth-order valence-electron chi connectivity index (χ4n) is 1.60. The lowest BCUT2D eigenvalue weighted by Gasteiger charge is -2.09. The van der Waals surface area contributed by atoms with E-state index >= 15 is 0 Å². The monoisotopic (exact) mass is 265 g/mol. The molecule has 0 saturated heterocycles. The third-order valence-electron chi connectivity index (χ3n) is 2.49. The molecule has 0 aliphatic carbocycles. The van der Waals surface area contributed by atoms with Gasteiger partial charge in [0.1, 0.15) is 11.6 Å².